The van der Waals surface area contributed by atoms with Crippen LogP contribution in [0.5, 0.6) is 0 Å². The van der Waals surface area contributed by atoms with Crippen molar-refractivity contribution >= 4 is 22.6 Å². The molecule has 4 heteroatoms. The van der Waals surface area contributed by atoms with Gasteiger partial charge in [-0.05, 0) is 30.3 Å². The molecular formula is C14H18ClNO2. The van der Waals surface area contributed by atoms with Crippen LogP contribution < -0.4 is 5.32 Å². The summed E-state index contributed by atoms with van der Waals surface area (Å²) in [5, 5.41) is 13.8. The van der Waals surface area contributed by atoms with Crippen LogP contribution in [-0.4, -0.2) is 30.2 Å². The van der Waals surface area contributed by atoms with Crippen LogP contribution >= 0.6 is 11.6 Å². The van der Waals surface area contributed by atoms with Crippen molar-refractivity contribution in [1.29, 1.82) is 0 Å². The molecule has 2 atom stereocenters. The summed E-state index contributed by atoms with van der Waals surface area (Å²) >= 11 is 6.06. The molecule has 0 spiro atoms. The van der Waals surface area contributed by atoms with Gasteiger partial charge in [-0.25, -0.2) is 0 Å². The lowest BCUT2D eigenvalue weighted by atomic mass is 9.92. The van der Waals surface area contributed by atoms with E-state index in [0.29, 0.717) is 5.88 Å². The van der Waals surface area contributed by atoms with Gasteiger partial charge < -0.3 is 14.8 Å². The lowest BCUT2D eigenvalue weighted by molar-refractivity contribution is 0.229. The van der Waals surface area contributed by atoms with Crippen LogP contribution in [0.4, 0.5) is 0 Å². The molecule has 0 aliphatic rings. The summed E-state index contributed by atoms with van der Waals surface area (Å²) in [6.07, 6.45) is 1.68. The highest BCUT2D eigenvalue weighted by molar-refractivity contribution is 6.18. The third-order valence-corrected chi connectivity index (χ3v) is 3.55. The van der Waals surface area contributed by atoms with Crippen LogP contribution in [0.2, 0.25) is 0 Å². The van der Waals surface area contributed by atoms with Crippen LogP contribution in [0, 0.1) is 0 Å². The van der Waals surface area contributed by atoms with E-state index in [2.05, 4.69) is 11.4 Å². The fraction of sp³-hybridized carbons (Fsp3) is 0.429. The number of furan rings is 1. The van der Waals surface area contributed by atoms with Gasteiger partial charge in [-0.15, -0.1) is 11.6 Å². The molecule has 0 saturated heterocycles. The topological polar surface area (TPSA) is 45.4 Å². The Labute approximate surface area is 112 Å². The summed E-state index contributed by atoms with van der Waals surface area (Å²) < 4.78 is 5.32. The summed E-state index contributed by atoms with van der Waals surface area (Å²) in [7, 11) is 0. The first-order chi connectivity index (χ1) is 8.80. The van der Waals surface area contributed by atoms with E-state index < -0.39 is 0 Å². The number of likely N-dealkylation sites (N-methyl/N-ethyl adjacent to an activating group) is 1. The van der Waals surface area contributed by atoms with Gasteiger partial charge >= 0.3 is 0 Å². The van der Waals surface area contributed by atoms with Crippen molar-refractivity contribution in [3.8, 4) is 0 Å². The quantitative estimate of drug-likeness (QED) is 0.791. The number of fused-ring (bicyclic) bond motifs is 1. The maximum atomic E-state index is 9.45. The third kappa shape index (κ3) is 2.69. The molecule has 1 heterocycles. The van der Waals surface area contributed by atoms with E-state index in [-0.39, 0.29) is 18.6 Å². The molecule has 98 valence electrons. The second kappa shape index (κ2) is 6.23. The van der Waals surface area contributed by atoms with E-state index in [9.17, 15) is 5.11 Å². The van der Waals surface area contributed by atoms with Gasteiger partial charge in [0.2, 0.25) is 0 Å². The number of alkyl halides is 1. The number of halogens is 1. The fourth-order valence-electron chi connectivity index (χ4n) is 2.24. The van der Waals surface area contributed by atoms with Crippen molar-refractivity contribution in [1.82, 2.24) is 5.32 Å². The largest absolute Gasteiger partial charge is 0.464 e. The van der Waals surface area contributed by atoms with Gasteiger partial charge in [-0.3, -0.25) is 0 Å². The molecule has 0 bridgehead atoms. The molecule has 0 aliphatic carbocycles. The zero-order chi connectivity index (χ0) is 13.0. The molecule has 18 heavy (non-hydrogen) atoms. The number of aliphatic hydroxyl groups is 1. The Morgan fingerprint density at radius 3 is 2.89 bits per heavy atom. The van der Waals surface area contributed by atoms with Gasteiger partial charge in [0.15, 0.2) is 0 Å². The minimum atomic E-state index is -0.0168. The maximum absolute atomic E-state index is 9.45. The molecule has 0 amide bonds. The van der Waals surface area contributed by atoms with E-state index in [4.69, 9.17) is 16.0 Å². The van der Waals surface area contributed by atoms with E-state index in [1.165, 1.54) is 0 Å². The second-order valence-electron chi connectivity index (χ2n) is 4.33. The highest BCUT2D eigenvalue weighted by atomic mass is 35.5. The average molecular weight is 268 g/mol. The van der Waals surface area contributed by atoms with E-state index >= 15 is 0 Å². The first-order valence-corrected chi connectivity index (χ1v) is 6.71. The van der Waals surface area contributed by atoms with Crippen molar-refractivity contribution in [2.45, 2.75) is 18.9 Å². The Bertz CT molecular complexity index is 497. The zero-order valence-electron chi connectivity index (χ0n) is 10.4. The number of hydrogen-bond donors (Lipinski definition) is 2. The Morgan fingerprint density at radius 1 is 1.39 bits per heavy atom. The number of nitrogens with one attached hydrogen (secondary N) is 1. The lowest BCUT2D eigenvalue weighted by Crippen LogP contribution is -2.38. The molecule has 0 fully saturated rings. The Hall–Kier alpha value is -1.03. The SMILES string of the molecule is CCNC(CO)C(CCl)c1ccc2occc2c1. The molecule has 0 saturated carbocycles. The Kier molecular flexibility index (Phi) is 4.64. The molecule has 1 aromatic carbocycles. The molecule has 0 aliphatic heterocycles. The Balaban J connectivity index is 2.29. The number of hydrogen-bond acceptors (Lipinski definition) is 3. The number of benzene rings is 1. The average Bonchev–Trinajstić information content (AvgIpc) is 2.86. The predicted molar refractivity (Wildman–Crippen MR) is 74.2 cm³/mol. The van der Waals surface area contributed by atoms with Crippen molar-refractivity contribution < 1.29 is 9.52 Å². The van der Waals surface area contributed by atoms with Gasteiger partial charge in [-0.1, -0.05) is 13.0 Å². The summed E-state index contributed by atoms with van der Waals surface area (Å²) in [6.45, 7) is 2.91. The molecule has 3 nitrogen and oxygen atoms in total. The number of rotatable bonds is 6. The van der Waals surface area contributed by atoms with E-state index in [0.717, 1.165) is 23.1 Å². The van der Waals surface area contributed by atoms with Crippen LogP contribution in [0.1, 0.15) is 18.4 Å². The molecule has 2 unspecified atom stereocenters. The van der Waals surface area contributed by atoms with Gasteiger partial charge in [0.25, 0.3) is 0 Å². The highest BCUT2D eigenvalue weighted by Crippen LogP contribution is 2.26. The maximum Gasteiger partial charge on any atom is 0.133 e. The minimum Gasteiger partial charge on any atom is -0.464 e. The normalized spacial score (nSPS) is 14.8. The highest BCUT2D eigenvalue weighted by Gasteiger charge is 2.21. The monoisotopic (exact) mass is 267 g/mol. The second-order valence-corrected chi connectivity index (χ2v) is 4.63. The van der Waals surface area contributed by atoms with Crippen LogP contribution in [0.15, 0.2) is 34.9 Å². The smallest absolute Gasteiger partial charge is 0.133 e. The molecule has 2 aromatic rings. The summed E-state index contributed by atoms with van der Waals surface area (Å²) in [6, 6.07) is 7.96. The molecule has 0 radical (unpaired) electrons. The Morgan fingerprint density at radius 2 is 2.22 bits per heavy atom. The molecule has 2 N–H and O–H groups in total. The van der Waals surface area contributed by atoms with Crippen molar-refractivity contribution in [3.05, 3.63) is 36.1 Å². The summed E-state index contributed by atoms with van der Waals surface area (Å²) in [5.41, 5.74) is 2.00. The van der Waals surface area contributed by atoms with Crippen LogP contribution in [-0.2, 0) is 0 Å². The predicted octanol–water partition coefficient (Wildman–Crippen LogP) is 2.73. The third-order valence-electron chi connectivity index (χ3n) is 3.22. The van der Waals surface area contributed by atoms with Crippen molar-refractivity contribution in [2.24, 2.45) is 0 Å². The molecule has 2 rings (SSSR count). The fourth-order valence-corrected chi connectivity index (χ4v) is 2.63. The van der Waals surface area contributed by atoms with Gasteiger partial charge in [0.05, 0.1) is 12.9 Å². The lowest BCUT2D eigenvalue weighted by Gasteiger charge is -2.25. The van der Waals surface area contributed by atoms with Crippen molar-refractivity contribution in [3.63, 3.8) is 0 Å². The van der Waals surface area contributed by atoms with Crippen LogP contribution in [0.25, 0.3) is 11.0 Å². The minimum absolute atomic E-state index is 0.0168. The van der Waals surface area contributed by atoms with Gasteiger partial charge in [0.1, 0.15) is 5.58 Å². The van der Waals surface area contributed by atoms with E-state index in [1.54, 1.807) is 6.26 Å². The molecule has 1 aromatic heterocycles. The van der Waals surface area contributed by atoms with Crippen molar-refractivity contribution in [2.75, 3.05) is 19.0 Å². The number of aliphatic hydroxyl groups excluding tert-OH is 1. The summed E-state index contributed by atoms with van der Waals surface area (Å²) in [4.78, 5) is 0. The first kappa shape index (κ1) is 13.4. The molecular weight excluding hydrogens is 250 g/mol. The first-order valence-electron chi connectivity index (χ1n) is 6.17. The van der Waals surface area contributed by atoms with E-state index in [1.807, 2.05) is 25.1 Å². The van der Waals surface area contributed by atoms with Gasteiger partial charge in [-0.2, -0.15) is 0 Å². The zero-order valence-corrected chi connectivity index (χ0v) is 11.2. The standard InChI is InChI=1S/C14H18ClNO2/c1-2-16-13(9-17)12(8-15)10-3-4-14-11(7-10)5-6-18-14/h3-7,12-13,16-17H,2,8-9H2,1H3. The van der Waals surface area contributed by atoms with Gasteiger partial charge in [0, 0.05) is 23.2 Å². The van der Waals surface area contributed by atoms with Crippen LogP contribution in [0.3, 0.4) is 0 Å². The summed E-state index contributed by atoms with van der Waals surface area (Å²) in [5.74, 6) is 0.567.